The number of nitrogens with zero attached hydrogens (tertiary/aromatic N) is 1. The fourth-order valence-electron chi connectivity index (χ4n) is 1.07. The summed E-state index contributed by atoms with van der Waals surface area (Å²) in [6.07, 6.45) is 7.70. The third-order valence-corrected chi connectivity index (χ3v) is 1.68. The molecule has 15 heavy (non-hydrogen) atoms. The van der Waals surface area contributed by atoms with Crippen LogP contribution in [0.1, 0.15) is 12.5 Å². The van der Waals surface area contributed by atoms with Gasteiger partial charge in [0.1, 0.15) is 5.78 Å². The molecule has 0 unspecified atom stereocenters. The molecular formula is C12H14N2O. The molecule has 0 bridgehead atoms. The minimum atomic E-state index is 0.203. The summed E-state index contributed by atoms with van der Waals surface area (Å²) in [5.74, 6) is 0.203. The Bertz CT molecular complexity index is 341. The first kappa shape index (κ1) is 11.2. The Morgan fingerprint density at radius 2 is 2.07 bits per heavy atom. The quantitative estimate of drug-likeness (QED) is 0.811. The van der Waals surface area contributed by atoms with Crippen LogP contribution in [0.2, 0.25) is 0 Å². The Kier molecular flexibility index (Phi) is 4.87. The third-order valence-electron chi connectivity index (χ3n) is 1.68. The highest BCUT2D eigenvalue weighted by atomic mass is 16.1. The molecule has 0 saturated heterocycles. The lowest BCUT2D eigenvalue weighted by Crippen LogP contribution is -1.93. The van der Waals surface area contributed by atoms with Crippen LogP contribution in [0.4, 0.5) is 0 Å². The monoisotopic (exact) mass is 202 g/mol. The smallest absolute Gasteiger partial charge is 0.134 e. The fraction of sp³-hybridized carbons (Fsp3) is 0.167. The van der Waals surface area contributed by atoms with Crippen molar-refractivity contribution >= 4 is 5.78 Å². The van der Waals surface area contributed by atoms with Gasteiger partial charge in [-0.05, 0) is 30.7 Å². The van der Waals surface area contributed by atoms with Gasteiger partial charge >= 0.3 is 0 Å². The van der Waals surface area contributed by atoms with Crippen molar-refractivity contribution in [2.75, 3.05) is 0 Å². The van der Waals surface area contributed by atoms with E-state index in [2.05, 4.69) is 9.97 Å². The summed E-state index contributed by atoms with van der Waals surface area (Å²) in [5.41, 5.74) is 1.06. The second kappa shape index (κ2) is 6.54. The maximum atomic E-state index is 10.5. The van der Waals surface area contributed by atoms with E-state index in [4.69, 9.17) is 0 Å². The van der Waals surface area contributed by atoms with Crippen LogP contribution in [0.15, 0.2) is 49.1 Å². The number of carbonyl (C=O) groups is 1. The van der Waals surface area contributed by atoms with Crippen molar-refractivity contribution in [1.82, 2.24) is 9.97 Å². The van der Waals surface area contributed by atoms with Gasteiger partial charge in [-0.1, -0.05) is 6.07 Å². The number of rotatable bonds is 2. The first-order chi connectivity index (χ1) is 7.29. The Hall–Kier alpha value is -1.90. The standard InChI is InChI=1S/C7H9NO.C5H5N/c1-6(9)4-7-2-3-8-5-7;1-2-4-6-5-3-1/h2-3,5,8H,4H2,1H3;1-5H. The second-order valence-electron chi connectivity index (χ2n) is 3.12. The molecule has 3 nitrogen and oxygen atoms in total. The van der Waals surface area contributed by atoms with E-state index in [1.54, 1.807) is 19.3 Å². The molecule has 0 amide bonds. The lowest BCUT2D eigenvalue weighted by molar-refractivity contribution is -0.116. The Balaban J connectivity index is 0.000000162. The predicted molar refractivity (Wildman–Crippen MR) is 59.4 cm³/mol. The molecule has 0 aliphatic carbocycles. The van der Waals surface area contributed by atoms with Crippen molar-refractivity contribution in [2.24, 2.45) is 0 Å². The fourth-order valence-corrected chi connectivity index (χ4v) is 1.07. The largest absolute Gasteiger partial charge is 0.367 e. The number of aromatic amines is 1. The van der Waals surface area contributed by atoms with Crippen molar-refractivity contribution in [3.05, 3.63) is 54.6 Å². The van der Waals surface area contributed by atoms with E-state index in [1.807, 2.05) is 36.7 Å². The summed E-state index contributed by atoms with van der Waals surface area (Å²) in [6, 6.07) is 7.62. The summed E-state index contributed by atoms with van der Waals surface area (Å²) >= 11 is 0. The van der Waals surface area contributed by atoms with Gasteiger partial charge in [0.25, 0.3) is 0 Å². The second-order valence-corrected chi connectivity index (χ2v) is 3.12. The molecule has 3 heteroatoms. The van der Waals surface area contributed by atoms with Gasteiger partial charge in [0, 0.05) is 31.2 Å². The van der Waals surface area contributed by atoms with Crippen LogP contribution in [0.25, 0.3) is 0 Å². The van der Waals surface area contributed by atoms with Crippen LogP contribution in [0, 0.1) is 0 Å². The molecule has 0 saturated carbocycles. The summed E-state index contributed by atoms with van der Waals surface area (Å²) in [7, 11) is 0. The average molecular weight is 202 g/mol. The van der Waals surface area contributed by atoms with Crippen LogP contribution in [0.5, 0.6) is 0 Å². The molecule has 0 fully saturated rings. The van der Waals surface area contributed by atoms with Gasteiger partial charge in [0.15, 0.2) is 0 Å². The first-order valence-corrected chi connectivity index (χ1v) is 4.75. The highest BCUT2D eigenvalue weighted by Crippen LogP contribution is 1.96. The van der Waals surface area contributed by atoms with Gasteiger partial charge in [-0.25, -0.2) is 0 Å². The highest BCUT2D eigenvalue weighted by Gasteiger charge is 1.94. The van der Waals surface area contributed by atoms with Crippen molar-refractivity contribution in [3.63, 3.8) is 0 Å². The molecule has 78 valence electrons. The van der Waals surface area contributed by atoms with Gasteiger partial charge in [-0.15, -0.1) is 0 Å². The van der Waals surface area contributed by atoms with E-state index in [-0.39, 0.29) is 5.78 Å². The molecule has 0 radical (unpaired) electrons. The summed E-state index contributed by atoms with van der Waals surface area (Å²) in [4.78, 5) is 17.2. The number of pyridine rings is 1. The summed E-state index contributed by atoms with van der Waals surface area (Å²) in [6.45, 7) is 1.59. The maximum Gasteiger partial charge on any atom is 0.134 e. The number of hydrogen-bond donors (Lipinski definition) is 1. The van der Waals surface area contributed by atoms with Crippen molar-refractivity contribution in [3.8, 4) is 0 Å². The van der Waals surface area contributed by atoms with Gasteiger partial charge in [-0.2, -0.15) is 0 Å². The predicted octanol–water partition coefficient (Wildman–Crippen LogP) is 2.23. The molecule has 0 atom stereocenters. The molecular weight excluding hydrogens is 188 g/mol. The molecule has 0 spiro atoms. The minimum Gasteiger partial charge on any atom is -0.367 e. The van der Waals surface area contributed by atoms with Gasteiger partial charge in [-0.3, -0.25) is 9.78 Å². The van der Waals surface area contributed by atoms with E-state index in [0.29, 0.717) is 6.42 Å². The van der Waals surface area contributed by atoms with E-state index < -0.39 is 0 Å². The Labute approximate surface area is 89.2 Å². The number of ketones is 1. The molecule has 1 N–H and O–H groups in total. The van der Waals surface area contributed by atoms with Crippen molar-refractivity contribution in [2.45, 2.75) is 13.3 Å². The topological polar surface area (TPSA) is 45.8 Å². The average Bonchev–Trinajstić information content (AvgIpc) is 2.73. The zero-order valence-electron chi connectivity index (χ0n) is 8.68. The minimum absolute atomic E-state index is 0.203. The summed E-state index contributed by atoms with van der Waals surface area (Å²) in [5, 5.41) is 0. The van der Waals surface area contributed by atoms with E-state index in [0.717, 1.165) is 5.56 Å². The lowest BCUT2D eigenvalue weighted by atomic mass is 10.2. The van der Waals surface area contributed by atoms with Crippen LogP contribution >= 0.6 is 0 Å². The molecule has 2 aromatic rings. The van der Waals surface area contributed by atoms with Crippen molar-refractivity contribution in [1.29, 1.82) is 0 Å². The zero-order valence-corrected chi connectivity index (χ0v) is 8.68. The number of nitrogens with one attached hydrogen (secondary N) is 1. The normalized spacial score (nSPS) is 8.87. The van der Waals surface area contributed by atoms with E-state index >= 15 is 0 Å². The van der Waals surface area contributed by atoms with Gasteiger partial charge < -0.3 is 4.98 Å². The Morgan fingerprint density at radius 3 is 2.40 bits per heavy atom. The van der Waals surface area contributed by atoms with Crippen LogP contribution in [0.3, 0.4) is 0 Å². The molecule has 0 aliphatic rings. The molecule has 2 rings (SSSR count). The highest BCUT2D eigenvalue weighted by molar-refractivity contribution is 5.78. The zero-order chi connectivity index (χ0) is 10.9. The number of aromatic nitrogens is 2. The molecule has 0 aliphatic heterocycles. The number of Topliss-reactive ketones (excluding diaryl/α,β-unsaturated/α-hetero) is 1. The lowest BCUT2D eigenvalue weighted by Gasteiger charge is -1.86. The van der Waals surface area contributed by atoms with Crippen LogP contribution in [-0.4, -0.2) is 15.8 Å². The van der Waals surface area contributed by atoms with Crippen molar-refractivity contribution < 1.29 is 4.79 Å². The number of hydrogen-bond acceptors (Lipinski definition) is 2. The van der Waals surface area contributed by atoms with Crippen LogP contribution in [-0.2, 0) is 11.2 Å². The SMILES string of the molecule is CC(=O)Cc1cc[nH]c1.c1ccncc1. The van der Waals surface area contributed by atoms with E-state index in [1.165, 1.54) is 0 Å². The summed E-state index contributed by atoms with van der Waals surface area (Å²) < 4.78 is 0. The molecule has 0 aromatic carbocycles. The third kappa shape index (κ3) is 5.41. The van der Waals surface area contributed by atoms with Crippen LogP contribution < -0.4 is 0 Å². The molecule has 2 heterocycles. The number of H-pyrrole nitrogens is 1. The first-order valence-electron chi connectivity index (χ1n) is 4.75. The van der Waals surface area contributed by atoms with Gasteiger partial charge in [0.05, 0.1) is 0 Å². The Morgan fingerprint density at radius 1 is 1.33 bits per heavy atom. The molecule has 2 aromatic heterocycles. The number of carbonyl (C=O) groups excluding carboxylic acids is 1. The maximum absolute atomic E-state index is 10.5. The van der Waals surface area contributed by atoms with Gasteiger partial charge in [0.2, 0.25) is 0 Å². The van der Waals surface area contributed by atoms with E-state index in [9.17, 15) is 4.79 Å².